The topological polar surface area (TPSA) is 46.8 Å². The quantitative estimate of drug-likeness (QED) is 0.537. The van der Waals surface area contributed by atoms with Gasteiger partial charge in [0, 0.05) is 19.5 Å². The first kappa shape index (κ1) is 16.9. The Labute approximate surface area is 164 Å². The van der Waals surface area contributed by atoms with E-state index in [-0.39, 0.29) is 0 Å². The van der Waals surface area contributed by atoms with E-state index < -0.39 is 0 Å². The molecular weight excluding hydrogens is 346 g/mol. The van der Waals surface area contributed by atoms with Crippen LogP contribution in [0.2, 0.25) is 0 Å². The van der Waals surface area contributed by atoms with Crippen LogP contribution in [0.15, 0.2) is 60.8 Å². The molecule has 1 aliphatic rings. The largest absolute Gasteiger partial charge is 0.351 e. The van der Waals surface area contributed by atoms with Crippen molar-refractivity contribution in [2.75, 3.05) is 11.4 Å². The molecule has 5 rings (SSSR count). The van der Waals surface area contributed by atoms with Crippen molar-refractivity contribution in [3.63, 3.8) is 0 Å². The van der Waals surface area contributed by atoms with E-state index in [1.165, 1.54) is 11.1 Å². The van der Waals surface area contributed by atoms with Crippen LogP contribution in [0.25, 0.3) is 16.7 Å². The number of anilines is 1. The van der Waals surface area contributed by atoms with E-state index in [4.69, 9.17) is 9.97 Å². The maximum atomic E-state index is 4.96. The van der Waals surface area contributed by atoms with Gasteiger partial charge in [-0.05, 0) is 36.1 Å². The van der Waals surface area contributed by atoms with Crippen LogP contribution in [-0.4, -0.2) is 26.3 Å². The molecule has 1 aliphatic heterocycles. The maximum Gasteiger partial charge on any atom is 0.168 e. The van der Waals surface area contributed by atoms with Gasteiger partial charge in [0.2, 0.25) is 0 Å². The number of rotatable bonds is 4. The lowest BCUT2D eigenvalue weighted by Gasteiger charge is -2.30. The SMILES string of the molecule is CCCc1nc(N2CCc3ccccc3C2)c2cnn(-c3ccccc3)c2n1. The first-order valence-electron chi connectivity index (χ1n) is 9.95. The predicted octanol–water partition coefficient (Wildman–Crippen LogP) is 4.33. The molecule has 2 aromatic carbocycles. The molecule has 0 radical (unpaired) electrons. The fourth-order valence-corrected chi connectivity index (χ4v) is 3.95. The smallest absolute Gasteiger partial charge is 0.168 e. The second-order valence-corrected chi connectivity index (χ2v) is 7.28. The third-order valence-corrected chi connectivity index (χ3v) is 5.36. The Hall–Kier alpha value is -3.21. The molecule has 0 saturated heterocycles. The average Bonchev–Trinajstić information content (AvgIpc) is 3.18. The van der Waals surface area contributed by atoms with Crippen molar-refractivity contribution in [3.8, 4) is 5.69 Å². The number of aryl methyl sites for hydroxylation is 1. The van der Waals surface area contributed by atoms with Gasteiger partial charge in [0.1, 0.15) is 11.6 Å². The molecule has 28 heavy (non-hydrogen) atoms. The molecular formula is C23H23N5. The minimum absolute atomic E-state index is 0.868. The molecule has 0 saturated carbocycles. The third-order valence-electron chi connectivity index (χ3n) is 5.36. The second kappa shape index (κ2) is 7.08. The molecule has 0 amide bonds. The molecule has 0 spiro atoms. The second-order valence-electron chi connectivity index (χ2n) is 7.28. The highest BCUT2D eigenvalue weighted by Crippen LogP contribution is 2.30. The molecule has 0 aliphatic carbocycles. The van der Waals surface area contributed by atoms with Crippen LogP contribution >= 0.6 is 0 Å². The van der Waals surface area contributed by atoms with Gasteiger partial charge in [0.25, 0.3) is 0 Å². The van der Waals surface area contributed by atoms with Crippen molar-refractivity contribution in [2.45, 2.75) is 32.7 Å². The van der Waals surface area contributed by atoms with Crippen molar-refractivity contribution in [1.82, 2.24) is 19.7 Å². The first-order chi connectivity index (χ1) is 13.8. The van der Waals surface area contributed by atoms with Gasteiger partial charge in [-0.15, -0.1) is 0 Å². The molecule has 5 heteroatoms. The number of hydrogen-bond donors (Lipinski definition) is 0. The Morgan fingerprint density at radius 1 is 0.929 bits per heavy atom. The van der Waals surface area contributed by atoms with Gasteiger partial charge in [-0.3, -0.25) is 0 Å². The highest BCUT2D eigenvalue weighted by molar-refractivity contribution is 5.88. The molecule has 5 nitrogen and oxygen atoms in total. The van der Waals surface area contributed by atoms with Crippen LogP contribution in [0.3, 0.4) is 0 Å². The molecule has 0 fully saturated rings. The fraction of sp³-hybridized carbons (Fsp3) is 0.261. The van der Waals surface area contributed by atoms with Crippen LogP contribution in [0.1, 0.15) is 30.3 Å². The molecule has 0 atom stereocenters. The van der Waals surface area contributed by atoms with Gasteiger partial charge in [-0.2, -0.15) is 5.10 Å². The van der Waals surface area contributed by atoms with E-state index in [0.717, 1.165) is 60.7 Å². The number of fused-ring (bicyclic) bond motifs is 2. The number of benzene rings is 2. The van der Waals surface area contributed by atoms with Gasteiger partial charge in [-0.1, -0.05) is 49.4 Å². The lowest BCUT2D eigenvalue weighted by Crippen LogP contribution is -2.31. The zero-order valence-corrected chi connectivity index (χ0v) is 16.0. The summed E-state index contributed by atoms with van der Waals surface area (Å²) in [6.45, 7) is 4.01. The molecule has 4 aromatic rings. The molecule has 0 bridgehead atoms. The van der Waals surface area contributed by atoms with Crippen LogP contribution in [0.4, 0.5) is 5.82 Å². The zero-order valence-electron chi connectivity index (χ0n) is 16.0. The minimum atomic E-state index is 0.868. The minimum Gasteiger partial charge on any atom is -0.351 e. The summed E-state index contributed by atoms with van der Waals surface area (Å²) in [5.74, 6) is 1.90. The molecule has 0 N–H and O–H groups in total. The number of aromatic nitrogens is 4. The van der Waals surface area contributed by atoms with Gasteiger partial charge in [0.15, 0.2) is 5.65 Å². The van der Waals surface area contributed by atoms with E-state index in [9.17, 15) is 0 Å². The van der Waals surface area contributed by atoms with Crippen LogP contribution in [0, 0.1) is 0 Å². The van der Waals surface area contributed by atoms with E-state index in [1.54, 1.807) is 0 Å². The van der Waals surface area contributed by atoms with Crippen molar-refractivity contribution in [3.05, 3.63) is 77.7 Å². The highest BCUT2D eigenvalue weighted by Gasteiger charge is 2.22. The summed E-state index contributed by atoms with van der Waals surface area (Å²) in [7, 11) is 0. The van der Waals surface area contributed by atoms with E-state index in [1.807, 2.05) is 29.1 Å². The van der Waals surface area contributed by atoms with Gasteiger partial charge in [-0.25, -0.2) is 14.6 Å². The number of nitrogens with zero attached hydrogens (tertiary/aromatic N) is 5. The Kier molecular flexibility index (Phi) is 4.28. The van der Waals surface area contributed by atoms with Crippen LogP contribution < -0.4 is 4.90 Å². The van der Waals surface area contributed by atoms with Gasteiger partial charge >= 0.3 is 0 Å². The number of hydrogen-bond acceptors (Lipinski definition) is 4. The molecule has 0 unspecified atom stereocenters. The van der Waals surface area contributed by atoms with E-state index >= 15 is 0 Å². The Morgan fingerprint density at radius 2 is 1.71 bits per heavy atom. The highest BCUT2D eigenvalue weighted by atomic mass is 15.3. The lowest BCUT2D eigenvalue weighted by atomic mass is 10.00. The van der Waals surface area contributed by atoms with E-state index in [0.29, 0.717) is 0 Å². The average molecular weight is 369 g/mol. The standard InChI is InChI=1S/C23H23N5/c1-2-8-21-25-22(27-14-13-17-9-6-7-10-18(17)16-27)20-15-24-28(23(20)26-21)19-11-4-3-5-12-19/h3-7,9-12,15H,2,8,13-14,16H2,1H3. The molecule has 2 aromatic heterocycles. The Balaban J connectivity index is 1.63. The summed E-state index contributed by atoms with van der Waals surface area (Å²) in [5, 5.41) is 5.67. The summed E-state index contributed by atoms with van der Waals surface area (Å²) in [6.07, 6.45) is 4.84. The van der Waals surface area contributed by atoms with E-state index in [2.05, 4.69) is 53.3 Å². The molecule has 3 heterocycles. The van der Waals surface area contributed by atoms with Crippen LogP contribution in [-0.2, 0) is 19.4 Å². The maximum absolute atomic E-state index is 4.96. The van der Waals surface area contributed by atoms with Crippen molar-refractivity contribution >= 4 is 16.9 Å². The van der Waals surface area contributed by atoms with Crippen molar-refractivity contribution in [2.24, 2.45) is 0 Å². The van der Waals surface area contributed by atoms with Crippen molar-refractivity contribution in [1.29, 1.82) is 0 Å². The molecule has 140 valence electrons. The lowest BCUT2D eigenvalue weighted by molar-refractivity contribution is 0.715. The number of para-hydroxylation sites is 1. The predicted molar refractivity (Wildman–Crippen MR) is 112 cm³/mol. The Morgan fingerprint density at radius 3 is 2.54 bits per heavy atom. The Bertz CT molecular complexity index is 1120. The third kappa shape index (κ3) is 2.93. The summed E-state index contributed by atoms with van der Waals surface area (Å²) in [4.78, 5) is 12.2. The van der Waals surface area contributed by atoms with Gasteiger partial charge < -0.3 is 4.90 Å². The summed E-state index contributed by atoms with van der Waals surface area (Å²) < 4.78 is 1.93. The van der Waals surface area contributed by atoms with Crippen molar-refractivity contribution < 1.29 is 0 Å². The fourth-order valence-electron chi connectivity index (χ4n) is 3.95. The monoisotopic (exact) mass is 369 g/mol. The summed E-state index contributed by atoms with van der Waals surface area (Å²) in [5.41, 5.74) is 4.73. The first-order valence-corrected chi connectivity index (χ1v) is 9.95. The zero-order chi connectivity index (χ0) is 18.9. The van der Waals surface area contributed by atoms with Crippen LogP contribution in [0.5, 0.6) is 0 Å². The summed E-state index contributed by atoms with van der Waals surface area (Å²) >= 11 is 0. The normalized spacial score (nSPS) is 13.7. The summed E-state index contributed by atoms with van der Waals surface area (Å²) in [6, 6.07) is 18.9. The van der Waals surface area contributed by atoms with Gasteiger partial charge in [0.05, 0.1) is 17.3 Å².